The van der Waals surface area contributed by atoms with Crippen LogP contribution in [-0.2, 0) is 11.3 Å². The number of pyridine rings is 1. The molecule has 0 aliphatic carbocycles. The van der Waals surface area contributed by atoms with Gasteiger partial charge >= 0.3 is 0 Å². The molecule has 0 unspecified atom stereocenters. The number of nitrogens with one attached hydrogen (secondary N) is 1. The Labute approximate surface area is 122 Å². The van der Waals surface area contributed by atoms with Gasteiger partial charge in [-0.2, -0.15) is 0 Å². The fourth-order valence-electron chi connectivity index (χ4n) is 2.58. The minimum absolute atomic E-state index is 0.0734. The highest BCUT2D eigenvalue weighted by Gasteiger charge is 2.34. The molecule has 112 valence electrons. The molecule has 1 aromatic heterocycles. The molecule has 4 nitrogen and oxygen atoms in total. The van der Waals surface area contributed by atoms with Gasteiger partial charge in [0.1, 0.15) is 0 Å². The van der Waals surface area contributed by atoms with E-state index in [1.807, 2.05) is 19.1 Å². The number of aryl methyl sites for hydroxylation is 1. The molecule has 0 saturated carbocycles. The van der Waals surface area contributed by atoms with Crippen molar-refractivity contribution in [1.82, 2.24) is 10.3 Å². The molecule has 1 heterocycles. The molecule has 1 amide bonds. The zero-order valence-corrected chi connectivity index (χ0v) is 12.9. The van der Waals surface area contributed by atoms with Crippen molar-refractivity contribution in [2.75, 3.05) is 6.54 Å². The van der Waals surface area contributed by atoms with Gasteiger partial charge in [-0.1, -0.05) is 32.8 Å². The van der Waals surface area contributed by atoms with E-state index < -0.39 is 5.41 Å². The number of aromatic nitrogens is 1. The lowest BCUT2D eigenvalue weighted by atomic mass is 9.78. The van der Waals surface area contributed by atoms with Gasteiger partial charge in [-0.3, -0.25) is 9.78 Å². The number of amides is 1. The van der Waals surface area contributed by atoms with E-state index in [9.17, 15) is 4.79 Å². The van der Waals surface area contributed by atoms with Crippen LogP contribution < -0.4 is 11.1 Å². The largest absolute Gasteiger partial charge is 0.351 e. The molecule has 0 radical (unpaired) electrons. The van der Waals surface area contributed by atoms with Crippen molar-refractivity contribution in [2.24, 2.45) is 11.1 Å². The summed E-state index contributed by atoms with van der Waals surface area (Å²) in [5.74, 6) is 0.0734. The summed E-state index contributed by atoms with van der Waals surface area (Å²) in [7, 11) is 0. The third-order valence-electron chi connectivity index (χ3n) is 3.76. The van der Waals surface area contributed by atoms with Crippen molar-refractivity contribution in [3.05, 3.63) is 29.6 Å². The van der Waals surface area contributed by atoms with Crippen LogP contribution in [0.1, 0.15) is 50.8 Å². The summed E-state index contributed by atoms with van der Waals surface area (Å²) in [6.07, 6.45) is 5.43. The molecule has 1 rings (SSSR count). The first-order valence-corrected chi connectivity index (χ1v) is 7.48. The summed E-state index contributed by atoms with van der Waals surface area (Å²) in [6.45, 7) is 7.06. The van der Waals surface area contributed by atoms with Crippen LogP contribution in [0.3, 0.4) is 0 Å². The minimum Gasteiger partial charge on any atom is -0.351 e. The molecule has 0 fully saturated rings. The van der Waals surface area contributed by atoms with Gasteiger partial charge < -0.3 is 11.1 Å². The van der Waals surface area contributed by atoms with Gasteiger partial charge in [0.2, 0.25) is 5.91 Å². The second-order valence-electron chi connectivity index (χ2n) is 5.47. The standard InChI is InChI=1S/C16H27N3O/c1-4-8-16(12-17,9-5-2)15(20)19-11-14-7-6-13(3)18-10-14/h6-7,10H,4-5,8-9,11-12,17H2,1-3H3,(H,19,20). The average Bonchev–Trinajstić information content (AvgIpc) is 2.46. The number of rotatable bonds is 8. The van der Waals surface area contributed by atoms with Crippen LogP contribution in [0.15, 0.2) is 18.3 Å². The van der Waals surface area contributed by atoms with Crippen LogP contribution in [0.2, 0.25) is 0 Å². The molecule has 4 heteroatoms. The lowest BCUT2D eigenvalue weighted by Gasteiger charge is -2.30. The second kappa shape index (κ2) is 8.00. The zero-order chi connectivity index (χ0) is 15.0. The van der Waals surface area contributed by atoms with Crippen LogP contribution in [0.4, 0.5) is 0 Å². The number of hydrogen-bond acceptors (Lipinski definition) is 3. The average molecular weight is 277 g/mol. The van der Waals surface area contributed by atoms with Gasteiger partial charge in [-0.15, -0.1) is 0 Å². The predicted octanol–water partition coefficient (Wildman–Crippen LogP) is 2.55. The Balaban J connectivity index is 2.68. The highest BCUT2D eigenvalue weighted by Crippen LogP contribution is 2.29. The van der Waals surface area contributed by atoms with E-state index in [-0.39, 0.29) is 5.91 Å². The lowest BCUT2D eigenvalue weighted by Crippen LogP contribution is -2.45. The van der Waals surface area contributed by atoms with E-state index in [1.165, 1.54) is 0 Å². The maximum absolute atomic E-state index is 12.5. The van der Waals surface area contributed by atoms with Crippen LogP contribution in [0.5, 0.6) is 0 Å². The monoisotopic (exact) mass is 277 g/mol. The van der Waals surface area contributed by atoms with E-state index in [0.29, 0.717) is 13.1 Å². The van der Waals surface area contributed by atoms with Crippen molar-refractivity contribution in [1.29, 1.82) is 0 Å². The Kier molecular flexibility index (Phi) is 6.65. The summed E-state index contributed by atoms with van der Waals surface area (Å²) in [4.78, 5) is 16.7. The normalized spacial score (nSPS) is 11.4. The number of hydrogen-bond donors (Lipinski definition) is 2. The summed E-state index contributed by atoms with van der Waals surface area (Å²) in [6, 6.07) is 3.95. The summed E-state index contributed by atoms with van der Waals surface area (Å²) in [5, 5.41) is 3.02. The Morgan fingerprint density at radius 1 is 1.30 bits per heavy atom. The molecule has 0 aliphatic rings. The second-order valence-corrected chi connectivity index (χ2v) is 5.47. The Morgan fingerprint density at radius 3 is 2.40 bits per heavy atom. The van der Waals surface area contributed by atoms with Crippen LogP contribution >= 0.6 is 0 Å². The van der Waals surface area contributed by atoms with E-state index in [4.69, 9.17) is 5.73 Å². The fourth-order valence-corrected chi connectivity index (χ4v) is 2.58. The first-order chi connectivity index (χ1) is 9.57. The van der Waals surface area contributed by atoms with E-state index in [2.05, 4.69) is 24.1 Å². The molecule has 0 saturated heterocycles. The maximum Gasteiger partial charge on any atom is 0.227 e. The quantitative estimate of drug-likeness (QED) is 0.767. The fraction of sp³-hybridized carbons (Fsp3) is 0.625. The third-order valence-corrected chi connectivity index (χ3v) is 3.76. The van der Waals surface area contributed by atoms with Crippen LogP contribution in [0.25, 0.3) is 0 Å². The van der Waals surface area contributed by atoms with Gasteiger partial charge in [0, 0.05) is 25.0 Å². The molecule has 0 atom stereocenters. The van der Waals surface area contributed by atoms with Gasteiger partial charge in [0.05, 0.1) is 5.41 Å². The summed E-state index contributed by atoms with van der Waals surface area (Å²) < 4.78 is 0. The minimum atomic E-state index is -0.415. The molecule has 0 aromatic carbocycles. The molecule has 0 bridgehead atoms. The van der Waals surface area contributed by atoms with Gasteiger partial charge in [-0.25, -0.2) is 0 Å². The van der Waals surface area contributed by atoms with E-state index in [0.717, 1.165) is 36.9 Å². The van der Waals surface area contributed by atoms with Crippen LogP contribution in [0, 0.1) is 12.3 Å². The molecule has 20 heavy (non-hydrogen) atoms. The summed E-state index contributed by atoms with van der Waals surface area (Å²) >= 11 is 0. The highest BCUT2D eigenvalue weighted by molar-refractivity contribution is 5.82. The highest BCUT2D eigenvalue weighted by atomic mass is 16.2. The molecule has 3 N–H and O–H groups in total. The van der Waals surface area contributed by atoms with Gasteiger partial charge in [-0.05, 0) is 31.4 Å². The van der Waals surface area contributed by atoms with Gasteiger partial charge in [0.25, 0.3) is 0 Å². The SMILES string of the molecule is CCCC(CN)(CCC)C(=O)NCc1ccc(C)nc1. The van der Waals surface area contributed by atoms with Crippen molar-refractivity contribution in [3.63, 3.8) is 0 Å². The van der Waals surface area contributed by atoms with E-state index >= 15 is 0 Å². The summed E-state index contributed by atoms with van der Waals surface area (Å²) in [5.41, 5.74) is 7.48. The lowest BCUT2D eigenvalue weighted by molar-refractivity contribution is -0.131. The number of nitrogens with zero attached hydrogens (tertiary/aromatic N) is 1. The predicted molar refractivity (Wildman–Crippen MR) is 82.1 cm³/mol. The topological polar surface area (TPSA) is 68.0 Å². The Morgan fingerprint density at radius 2 is 1.95 bits per heavy atom. The first kappa shape index (κ1) is 16.6. The Bertz CT molecular complexity index is 408. The van der Waals surface area contributed by atoms with Crippen molar-refractivity contribution in [3.8, 4) is 0 Å². The van der Waals surface area contributed by atoms with Gasteiger partial charge in [0.15, 0.2) is 0 Å². The van der Waals surface area contributed by atoms with E-state index in [1.54, 1.807) is 6.20 Å². The maximum atomic E-state index is 12.5. The third kappa shape index (κ3) is 4.30. The van der Waals surface area contributed by atoms with Crippen LogP contribution in [-0.4, -0.2) is 17.4 Å². The van der Waals surface area contributed by atoms with Crippen molar-refractivity contribution in [2.45, 2.75) is 53.0 Å². The zero-order valence-electron chi connectivity index (χ0n) is 12.9. The van der Waals surface area contributed by atoms with Crippen molar-refractivity contribution >= 4 is 5.91 Å². The number of carbonyl (C=O) groups is 1. The number of nitrogens with two attached hydrogens (primary N) is 1. The molecule has 0 spiro atoms. The first-order valence-electron chi connectivity index (χ1n) is 7.48. The smallest absolute Gasteiger partial charge is 0.227 e. The molecule has 1 aromatic rings. The number of carbonyl (C=O) groups excluding carboxylic acids is 1. The Hall–Kier alpha value is -1.42. The van der Waals surface area contributed by atoms with Crippen molar-refractivity contribution < 1.29 is 4.79 Å². The molecular formula is C16H27N3O. The molecular weight excluding hydrogens is 250 g/mol. The molecule has 0 aliphatic heterocycles.